The van der Waals surface area contributed by atoms with E-state index in [0.717, 1.165) is 0 Å². The quantitative estimate of drug-likeness (QED) is 0.0447. The summed E-state index contributed by atoms with van der Waals surface area (Å²) >= 11 is 0. The molecule has 0 saturated carbocycles. The second-order valence-electron chi connectivity index (χ2n) is 9.56. The standard InChI is InChI=1S/C26H43N9O6/c27-13-5-4-9-17(28)22(37)33-18(10-6-14-32-26(30)31)23(38)34-19(11-12-21(29)36)24(39)35-20(25(40)41)15-16-7-2-1-3-8-16/h1-3,7-8,17-20H,4-6,9-15,27-28H2,(H2,29,36)(H,33,37)(H,34,38)(H,35,39)(H,40,41)(H4,30,31,32). The normalized spacial score (nSPS) is 13.6. The molecule has 0 bridgehead atoms. The van der Waals surface area contributed by atoms with Crippen molar-refractivity contribution >= 4 is 35.6 Å². The predicted molar refractivity (Wildman–Crippen MR) is 153 cm³/mol. The van der Waals surface area contributed by atoms with Gasteiger partial charge in [0, 0.05) is 19.4 Å². The first kappa shape index (κ1) is 34.8. The first-order valence-electron chi connectivity index (χ1n) is 13.4. The highest BCUT2D eigenvalue weighted by atomic mass is 16.4. The van der Waals surface area contributed by atoms with Crippen LogP contribution in [-0.2, 0) is 30.4 Å². The summed E-state index contributed by atoms with van der Waals surface area (Å²) in [6, 6.07) is 4.03. The zero-order valence-corrected chi connectivity index (χ0v) is 23.1. The molecule has 0 aliphatic rings. The number of rotatable bonds is 20. The number of unbranched alkanes of at least 4 members (excludes halogenated alkanes) is 1. The number of hydrogen-bond donors (Lipinski definition) is 9. The van der Waals surface area contributed by atoms with E-state index in [9.17, 15) is 29.1 Å². The van der Waals surface area contributed by atoms with Gasteiger partial charge in [0.05, 0.1) is 6.04 Å². The summed E-state index contributed by atoms with van der Waals surface area (Å²) in [5.74, 6) is -4.28. The Hall–Kier alpha value is -4.24. The van der Waals surface area contributed by atoms with Gasteiger partial charge in [-0.25, -0.2) is 4.79 Å². The Morgan fingerprint density at radius 1 is 0.780 bits per heavy atom. The molecule has 1 aromatic rings. The molecular weight excluding hydrogens is 534 g/mol. The van der Waals surface area contributed by atoms with Crippen molar-refractivity contribution in [2.45, 2.75) is 75.5 Å². The van der Waals surface area contributed by atoms with Crippen LogP contribution in [0.5, 0.6) is 0 Å². The molecule has 15 nitrogen and oxygen atoms in total. The average molecular weight is 578 g/mol. The molecule has 0 aromatic heterocycles. The Labute approximate surface area is 239 Å². The third kappa shape index (κ3) is 14.6. The van der Waals surface area contributed by atoms with Crippen LogP contribution >= 0.6 is 0 Å². The van der Waals surface area contributed by atoms with Crippen molar-refractivity contribution in [3.05, 3.63) is 35.9 Å². The largest absolute Gasteiger partial charge is 0.480 e. The van der Waals surface area contributed by atoms with Crippen molar-refractivity contribution in [3.63, 3.8) is 0 Å². The average Bonchev–Trinajstić information content (AvgIpc) is 2.92. The molecule has 0 radical (unpaired) electrons. The van der Waals surface area contributed by atoms with Crippen molar-refractivity contribution < 1.29 is 29.1 Å². The van der Waals surface area contributed by atoms with E-state index in [1.807, 2.05) is 0 Å². The molecule has 4 atom stereocenters. The summed E-state index contributed by atoms with van der Waals surface area (Å²) in [6.07, 6.45) is 1.59. The molecule has 0 saturated heterocycles. The lowest BCUT2D eigenvalue weighted by Gasteiger charge is -2.25. The number of carbonyl (C=O) groups is 5. The first-order valence-corrected chi connectivity index (χ1v) is 13.4. The lowest BCUT2D eigenvalue weighted by molar-refractivity contribution is -0.142. The molecule has 1 aromatic carbocycles. The molecule has 15 heteroatoms. The van der Waals surface area contributed by atoms with Crippen LogP contribution in [-0.4, -0.2) is 77.9 Å². The van der Waals surface area contributed by atoms with Gasteiger partial charge in [-0.1, -0.05) is 36.8 Å². The predicted octanol–water partition coefficient (Wildman–Crippen LogP) is -2.46. The van der Waals surface area contributed by atoms with Crippen LogP contribution in [0, 0.1) is 0 Å². The minimum absolute atomic E-state index is 0.0100. The molecular formula is C26H43N9O6. The molecule has 14 N–H and O–H groups in total. The highest BCUT2D eigenvalue weighted by Gasteiger charge is 2.30. The molecule has 0 fully saturated rings. The number of nitrogens with two attached hydrogens (primary N) is 5. The first-order chi connectivity index (χ1) is 19.4. The molecule has 228 valence electrons. The summed E-state index contributed by atoms with van der Waals surface area (Å²) < 4.78 is 0. The molecule has 4 unspecified atom stereocenters. The molecule has 0 aliphatic carbocycles. The van der Waals surface area contributed by atoms with Crippen molar-refractivity contribution in [1.82, 2.24) is 16.0 Å². The number of primary amides is 1. The summed E-state index contributed by atoms with van der Waals surface area (Å²) in [5, 5.41) is 17.2. The van der Waals surface area contributed by atoms with Crippen LogP contribution in [0.3, 0.4) is 0 Å². The molecule has 41 heavy (non-hydrogen) atoms. The second kappa shape index (κ2) is 18.9. The Morgan fingerprint density at radius 3 is 1.93 bits per heavy atom. The fourth-order valence-corrected chi connectivity index (χ4v) is 3.84. The Morgan fingerprint density at radius 2 is 1.37 bits per heavy atom. The zero-order valence-electron chi connectivity index (χ0n) is 23.1. The maximum Gasteiger partial charge on any atom is 0.326 e. The summed E-state index contributed by atoms with van der Waals surface area (Å²) in [5.41, 5.74) is 28.1. The Bertz CT molecular complexity index is 1030. The zero-order chi connectivity index (χ0) is 30.8. The topological polar surface area (TPSA) is 284 Å². The maximum atomic E-state index is 13.3. The lowest BCUT2D eigenvalue weighted by atomic mass is 10.0. The van der Waals surface area contributed by atoms with E-state index in [1.165, 1.54) is 0 Å². The second-order valence-corrected chi connectivity index (χ2v) is 9.56. The number of amides is 4. The van der Waals surface area contributed by atoms with Crippen LogP contribution in [0.15, 0.2) is 35.3 Å². The highest BCUT2D eigenvalue weighted by Crippen LogP contribution is 2.08. The van der Waals surface area contributed by atoms with Crippen LogP contribution in [0.2, 0.25) is 0 Å². The van der Waals surface area contributed by atoms with Gasteiger partial charge < -0.3 is 49.7 Å². The number of aliphatic imine (C=N–C) groups is 1. The number of benzene rings is 1. The van der Waals surface area contributed by atoms with E-state index in [1.54, 1.807) is 30.3 Å². The van der Waals surface area contributed by atoms with E-state index >= 15 is 0 Å². The third-order valence-corrected chi connectivity index (χ3v) is 6.09. The summed E-state index contributed by atoms with van der Waals surface area (Å²) in [6.45, 7) is 0.628. The van der Waals surface area contributed by atoms with Gasteiger partial charge in [0.25, 0.3) is 0 Å². The van der Waals surface area contributed by atoms with Crippen molar-refractivity contribution in [3.8, 4) is 0 Å². The number of carboxylic acid groups (broad SMARTS) is 1. The van der Waals surface area contributed by atoms with E-state index in [4.69, 9.17) is 28.7 Å². The third-order valence-electron chi connectivity index (χ3n) is 6.09. The fourth-order valence-electron chi connectivity index (χ4n) is 3.84. The number of nitrogens with zero attached hydrogens (tertiary/aromatic N) is 1. The van der Waals surface area contributed by atoms with Gasteiger partial charge in [-0.05, 0) is 44.2 Å². The molecule has 4 amide bonds. The molecule has 0 aliphatic heterocycles. The van der Waals surface area contributed by atoms with Crippen LogP contribution in [0.1, 0.15) is 50.5 Å². The van der Waals surface area contributed by atoms with Crippen molar-refractivity contribution in [2.24, 2.45) is 33.7 Å². The van der Waals surface area contributed by atoms with Gasteiger partial charge in [0.15, 0.2) is 5.96 Å². The highest BCUT2D eigenvalue weighted by molar-refractivity contribution is 5.94. The van der Waals surface area contributed by atoms with E-state index in [2.05, 4.69) is 20.9 Å². The lowest BCUT2D eigenvalue weighted by Crippen LogP contribution is -2.57. The Balaban J connectivity index is 3.05. The fraction of sp³-hybridized carbons (Fsp3) is 0.538. The van der Waals surface area contributed by atoms with Gasteiger partial charge in [-0.15, -0.1) is 0 Å². The number of aliphatic carboxylic acids is 1. The van der Waals surface area contributed by atoms with Gasteiger partial charge in [-0.2, -0.15) is 0 Å². The minimum atomic E-state index is -1.32. The van der Waals surface area contributed by atoms with E-state index in [0.29, 0.717) is 37.8 Å². The SMILES string of the molecule is NCCCCC(N)C(=O)NC(CCCN=C(N)N)C(=O)NC(CCC(N)=O)C(=O)NC(Cc1ccccc1)C(=O)O. The molecule has 0 spiro atoms. The number of nitrogens with one attached hydrogen (secondary N) is 3. The van der Waals surface area contributed by atoms with Gasteiger partial charge in [-0.3, -0.25) is 24.2 Å². The molecule has 1 rings (SSSR count). The minimum Gasteiger partial charge on any atom is -0.480 e. The number of carboxylic acids is 1. The number of guanidine groups is 1. The van der Waals surface area contributed by atoms with Crippen molar-refractivity contribution in [2.75, 3.05) is 13.1 Å². The Kier molecular flexibility index (Phi) is 16.1. The molecule has 0 heterocycles. The van der Waals surface area contributed by atoms with Crippen LogP contribution in [0.25, 0.3) is 0 Å². The monoisotopic (exact) mass is 577 g/mol. The van der Waals surface area contributed by atoms with E-state index in [-0.39, 0.29) is 38.2 Å². The van der Waals surface area contributed by atoms with Crippen molar-refractivity contribution in [1.29, 1.82) is 0 Å². The van der Waals surface area contributed by atoms with Gasteiger partial charge >= 0.3 is 5.97 Å². The van der Waals surface area contributed by atoms with Crippen LogP contribution in [0.4, 0.5) is 0 Å². The summed E-state index contributed by atoms with van der Waals surface area (Å²) in [4.78, 5) is 66.3. The smallest absolute Gasteiger partial charge is 0.326 e. The number of carbonyl (C=O) groups excluding carboxylic acids is 4. The number of hydrogen-bond acceptors (Lipinski definition) is 8. The van der Waals surface area contributed by atoms with Crippen LogP contribution < -0.4 is 44.6 Å². The maximum absolute atomic E-state index is 13.3. The summed E-state index contributed by atoms with van der Waals surface area (Å²) in [7, 11) is 0. The van der Waals surface area contributed by atoms with E-state index < -0.39 is 53.8 Å². The van der Waals surface area contributed by atoms with Gasteiger partial charge in [0.1, 0.15) is 18.1 Å². The van der Waals surface area contributed by atoms with Gasteiger partial charge in [0.2, 0.25) is 23.6 Å².